The van der Waals surface area contributed by atoms with Gasteiger partial charge in [0.05, 0.1) is 17.7 Å². The first-order valence-electron chi connectivity index (χ1n) is 13.3. The van der Waals surface area contributed by atoms with Gasteiger partial charge in [0.2, 0.25) is 0 Å². The van der Waals surface area contributed by atoms with Crippen LogP contribution in [0.2, 0.25) is 0 Å². The van der Waals surface area contributed by atoms with Crippen molar-refractivity contribution in [1.82, 2.24) is 5.32 Å². The van der Waals surface area contributed by atoms with Crippen molar-refractivity contribution in [2.75, 3.05) is 23.9 Å². The number of rotatable bonds is 6. The van der Waals surface area contributed by atoms with E-state index >= 15 is 0 Å². The number of para-hydroxylation sites is 1. The Bertz CT molecular complexity index is 1620. The number of benzene rings is 3. The summed E-state index contributed by atoms with van der Waals surface area (Å²) in [7, 11) is 1.59. The number of hydrogen-bond acceptors (Lipinski definition) is 5. The second-order valence-corrected chi connectivity index (χ2v) is 11.2. The van der Waals surface area contributed by atoms with Crippen LogP contribution >= 0.6 is 11.3 Å². The summed E-state index contributed by atoms with van der Waals surface area (Å²) in [6, 6.07) is 22.4. The first-order chi connectivity index (χ1) is 19.4. The number of carbonyl (C=O) groups is 3. The summed E-state index contributed by atoms with van der Waals surface area (Å²) in [5.41, 5.74) is 5.37. The number of methoxy groups -OCH3 is 1. The molecule has 3 aromatic carbocycles. The maximum atomic E-state index is 13.7. The Morgan fingerprint density at radius 2 is 1.73 bits per heavy atom. The molecule has 4 aromatic rings. The number of aryl methyl sites for hydroxylation is 1. The molecule has 0 bridgehead atoms. The average molecular weight is 552 g/mol. The number of nitrogens with one attached hydrogen (secondary N) is 2. The third-order valence-electron chi connectivity index (χ3n) is 7.30. The molecule has 0 atom stereocenters. The highest BCUT2D eigenvalue weighted by Crippen LogP contribution is 2.42. The van der Waals surface area contributed by atoms with E-state index in [4.69, 9.17) is 4.74 Å². The highest BCUT2D eigenvalue weighted by molar-refractivity contribution is 7.17. The van der Waals surface area contributed by atoms with Crippen LogP contribution in [0.1, 0.15) is 54.4 Å². The van der Waals surface area contributed by atoms with Crippen LogP contribution in [0.3, 0.4) is 0 Å². The first-order valence-corrected chi connectivity index (χ1v) is 14.1. The highest BCUT2D eigenvalue weighted by Gasteiger charge is 2.29. The molecule has 202 valence electrons. The molecule has 8 heteroatoms. The highest BCUT2D eigenvalue weighted by atomic mass is 32.1. The number of nitrogens with zero attached hydrogens (tertiary/aromatic N) is 1. The fraction of sp³-hybridized carbons (Fsp3) is 0.219. The number of fused-ring (bicyclic) bond motifs is 3. The first kappa shape index (κ1) is 25.8. The fourth-order valence-electron chi connectivity index (χ4n) is 4.97. The molecule has 2 N–H and O–H groups in total. The van der Waals surface area contributed by atoms with Crippen molar-refractivity contribution >= 4 is 40.4 Å². The van der Waals surface area contributed by atoms with Gasteiger partial charge in [0.25, 0.3) is 17.7 Å². The van der Waals surface area contributed by atoms with Crippen LogP contribution in [-0.2, 0) is 6.42 Å². The van der Waals surface area contributed by atoms with Gasteiger partial charge in [-0.1, -0.05) is 18.2 Å². The number of ether oxygens (including phenoxy) is 1. The van der Waals surface area contributed by atoms with E-state index in [0.29, 0.717) is 46.4 Å². The largest absolute Gasteiger partial charge is 0.497 e. The van der Waals surface area contributed by atoms with Crippen molar-refractivity contribution in [1.29, 1.82) is 0 Å². The van der Waals surface area contributed by atoms with Crippen LogP contribution in [0.25, 0.3) is 10.4 Å². The zero-order valence-electron chi connectivity index (χ0n) is 22.3. The lowest BCUT2D eigenvalue weighted by atomic mass is 10.1. The van der Waals surface area contributed by atoms with E-state index in [9.17, 15) is 14.4 Å². The van der Waals surface area contributed by atoms with Gasteiger partial charge in [0.15, 0.2) is 0 Å². The molecule has 1 aliphatic carbocycles. The summed E-state index contributed by atoms with van der Waals surface area (Å²) in [6.07, 6.45) is 2.75. The number of thiophene rings is 1. The van der Waals surface area contributed by atoms with Gasteiger partial charge in [0, 0.05) is 39.8 Å². The number of carbonyl (C=O) groups excluding carboxylic acids is 3. The lowest BCUT2D eigenvalue weighted by Gasteiger charge is -2.23. The van der Waals surface area contributed by atoms with Crippen LogP contribution < -0.4 is 20.3 Å². The van der Waals surface area contributed by atoms with E-state index in [2.05, 4.69) is 10.6 Å². The molecule has 0 saturated heterocycles. The summed E-state index contributed by atoms with van der Waals surface area (Å²) >= 11 is 1.49. The van der Waals surface area contributed by atoms with E-state index in [1.54, 1.807) is 48.4 Å². The van der Waals surface area contributed by atoms with Crippen LogP contribution in [0, 0.1) is 6.92 Å². The zero-order valence-corrected chi connectivity index (χ0v) is 23.1. The Morgan fingerprint density at radius 3 is 2.45 bits per heavy atom. The molecule has 2 aliphatic rings. The Hall–Kier alpha value is -4.43. The predicted molar refractivity (Wildman–Crippen MR) is 158 cm³/mol. The maximum Gasteiger partial charge on any atom is 0.261 e. The second kappa shape index (κ2) is 10.6. The topological polar surface area (TPSA) is 87.7 Å². The second-order valence-electron chi connectivity index (χ2n) is 10.1. The lowest BCUT2D eigenvalue weighted by Crippen LogP contribution is -2.32. The van der Waals surface area contributed by atoms with E-state index < -0.39 is 0 Å². The minimum absolute atomic E-state index is 0.0136. The number of anilines is 2. The molecule has 1 aliphatic heterocycles. The monoisotopic (exact) mass is 551 g/mol. The molecule has 7 nitrogen and oxygen atoms in total. The van der Waals surface area contributed by atoms with Crippen LogP contribution in [0.5, 0.6) is 5.75 Å². The maximum absolute atomic E-state index is 13.7. The van der Waals surface area contributed by atoms with E-state index in [-0.39, 0.29) is 17.7 Å². The normalized spacial score (nSPS) is 14.0. The van der Waals surface area contributed by atoms with Gasteiger partial charge in [-0.15, -0.1) is 11.3 Å². The summed E-state index contributed by atoms with van der Waals surface area (Å²) in [6.45, 7) is 2.36. The Labute approximate surface area is 236 Å². The average Bonchev–Trinajstić information content (AvgIpc) is 3.71. The minimum atomic E-state index is -0.225. The van der Waals surface area contributed by atoms with Crippen LogP contribution in [0.15, 0.2) is 72.8 Å². The predicted octanol–water partition coefficient (Wildman–Crippen LogP) is 6.08. The Kier molecular flexibility index (Phi) is 6.86. The molecule has 1 saturated carbocycles. The van der Waals surface area contributed by atoms with Crippen molar-refractivity contribution in [2.24, 2.45) is 0 Å². The molecule has 1 fully saturated rings. The van der Waals surface area contributed by atoms with Gasteiger partial charge in [-0.3, -0.25) is 14.4 Å². The summed E-state index contributed by atoms with van der Waals surface area (Å²) in [4.78, 5) is 42.8. The van der Waals surface area contributed by atoms with Crippen molar-refractivity contribution in [3.05, 3.63) is 99.9 Å². The summed E-state index contributed by atoms with van der Waals surface area (Å²) < 4.78 is 5.22. The molecule has 1 aromatic heterocycles. The molecular formula is C32H29N3O4S. The van der Waals surface area contributed by atoms with Gasteiger partial charge in [0.1, 0.15) is 5.75 Å². The molecule has 0 spiro atoms. The molecular weight excluding hydrogens is 522 g/mol. The number of hydrogen-bond donors (Lipinski definition) is 2. The third-order valence-corrected chi connectivity index (χ3v) is 8.51. The fourth-order valence-corrected chi connectivity index (χ4v) is 6.12. The van der Waals surface area contributed by atoms with Crippen LogP contribution in [0.4, 0.5) is 11.4 Å². The quantitative estimate of drug-likeness (QED) is 0.304. The molecule has 0 radical (unpaired) electrons. The smallest absolute Gasteiger partial charge is 0.261 e. The van der Waals surface area contributed by atoms with Gasteiger partial charge in [-0.2, -0.15) is 0 Å². The zero-order chi connectivity index (χ0) is 27.8. The van der Waals surface area contributed by atoms with Gasteiger partial charge < -0.3 is 20.3 Å². The van der Waals surface area contributed by atoms with Crippen LogP contribution in [-0.4, -0.2) is 37.4 Å². The van der Waals surface area contributed by atoms with Crippen molar-refractivity contribution < 1.29 is 19.1 Å². The van der Waals surface area contributed by atoms with E-state index in [1.807, 2.05) is 43.3 Å². The molecule has 40 heavy (non-hydrogen) atoms. The summed E-state index contributed by atoms with van der Waals surface area (Å²) in [5.74, 6) is 0.344. The Morgan fingerprint density at radius 1 is 0.950 bits per heavy atom. The molecule has 6 rings (SSSR count). The molecule has 2 heterocycles. The third kappa shape index (κ3) is 5.10. The van der Waals surface area contributed by atoms with Crippen molar-refractivity contribution in [3.63, 3.8) is 0 Å². The van der Waals surface area contributed by atoms with Gasteiger partial charge in [-0.25, -0.2) is 0 Å². The van der Waals surface area contributed by atoms with Gasteiger partial charge >= 0.3 is 0 Å². The standard InChI is InChI=1S/C32H29N3O4S/c1-19-17-24(39-2)13-14-25(19)30(36)33-22-9-7-20(8-10-22)32(38)35-16-15-21-18-28(31(37)34-23-11-12-23)40-29(21)26-5-3-4-6-27(26)35/h3-10,13-14,17-18,23H,11-12,15-16H2,1-2H3,(H,33,36)(H,34,37). The summed E-state index contributed by atoms with van der Waals surface area (Å²) in [5, 5.41) is 5.99. The lowest BCUT2D eigenvalue weighted by molar-refractivity contribution is 0.0952. The van der Waals surface area contributed by atoms with E-state index in [1.165, 1.54) is 11.3 Å². The Balaban J connectivity index is 1.20. The number of amides is 3. The SMILES string of the molecule is COc1ccc(C(=O)Nc2ccc(C(=O)N3CCc4cc(C(=O)NC5CC5)sc4-c4ccccc43)cc2)c(C)c1. The van der Waals surface area contributed by atoms with Crippen molar-refractivity contribution in [2.45, 2.75) is 32.2 Å². The van der Waals surface area contributed by atoms with Gasteiger partial charge in [-0.05, 0) is 91.9 Å². The molecule has 0 unspecified atom stereocenters. The van der Waals surface area contributed by atoms with E-state index in [0.717, 1.165) is 40.1 Å². The van der Waals surface area contributed by atoms with Crippen molar-refractivity contribution in [3.8, 4) is 16.2 Å². The minimum Gasteiger partial charge on any atom is -0.497 e. The molecule has 3 amide bonds.